The van der Waals surface area contributed by atoms with Crippen LogP contribution in [0, 0.1) is 6.92 Å². The number of aryl methyl sites for hydroxylation is 1. The molecule has 2 rings (SSSR count). The molecule has 0 radical (unpaired) electrons. The van der Waals surface area contributed by atoms with Gasteiger partial charge in [0.25, 0.3) is 5.91 Å². The minimum Gasteiger partial charge on any atom is -0.343 e. The SMILES string of the molecule is Cc1cccc(NC(=O)CNC(=O)c2ccc(Cl)c(Cl)c2)c1. The zero-order valence-electron chi connectivity index (χ0n) is 11.8. The Morgan fingerprint density at radius 3 is 2.50 bits per heavy atom. The molecule has 6 heteroatoms. The molecule has 0 spiro atoms. The van der Waals surface area contributed by atoms with E-state index >= 15 is 0 Å². The highest BCUT2D eigenvalue weighted by Gasteiger charge is 2.10. The number of carbonyl (C=O) groups excluding carboxylic acids is 2. The van der Waals surface area contributed by atoms with Crippen LogP contribution >= 0.6 is 23.2 Å². The maximum Gasteiger partial charge on any atom is 0.251 e. The van der Waals surface area contributed by atoms with E-state index in [0.717, 1.165) is 5.56 Å². The number of benzene rings is 2. The quantitative estimate of drug-likeness (QED) is 0.894. The van der Waals surface area contributed by atoms with Crippen LogP contribution in [0.25, 0.3) is 0 Å². The Morgan fingerprint density at radius 2 is 1.82 bits per heavy atom. The standard InChI is InChI=1S/C16H14Cl2N2O2/c1-10-3-2-4-12(7-10)20-15(21)9-19-16(22)11-5-6-13(17)14(18)8-11/h2-8H,9H2,1H3,(H,19,22)(H,20,21). The lowest BCUT2D eigenvalue weighted by molar-refractivity contribution is -0.115. The maximum atomic E-state index is 11.9. The highest BCUT2D eigenvalue weighted by atomic mass is 35.5. The Balaban J connectivity index is 1.90. The van der Waals surface area contributed by atoms with Gasteiger partial charge in [-0.05, 0) is 42.8 Å². The number of rotatable bonds is 4. The van der Waals surface area contributed by atoms with E-state index in [0.29, 0.717) is 21.3 Å². The minimum atomic E-state index is -0.391. The Morgan fingerprint density at radius 1 is 1.05 bits per heavy atom. The Bertz CT molecular complexity index is 717. The molecule has 0 bridgehead atoms. The molecule has 0 aliphatic rings. The van der Waals surface area contributed by atoms with Crippen molar-refractivity contribution in [3.63, 3.8) is 0 Å². The van der Waals surface area contributed by atoms with E-state index in [2.05, 4.69) is 10.6 Å². The van der Waals surface area contributed by atoms with Gasteiger partial charge in [-0.3, -0.25) is 9.59 Å². The lowest BCUT2D eigenvalue weighted by atomic mass is 10.2. The molecule has 0 atom stereocenters. The summed E-state index contributed by atoms with van der Waals surface area (Å²) in [5, 5.41) is 5.90. The molecule has 0 aliphatic carbocycles. The summed E-state index contributed by atoms with van der Waals surface area (Å²) in [6, 6.07) is 11.9. The van der Waals surface area contributed by atoms with Crippen molar-refractivity contribution >= 4 is 40.7 Å². The summed E-state index contributed by atoms with van der Waals surface area (Å²) < 4.78 is 0. The van der Waals surface area contributed by atoms with Crippen molar-refractivity contribution in [2.45, 2.75) is 6.92 Å². The second-order valence-electron chi connectivity index (χ2n) is 4.73. The summed E-state index contributed by atoms with van der Waals surface area (Å²) >= 11 is 11.6. The lowest BCUT2D eigenvalue weighted by Crippen LogP contribution is -2.32. The first-order valence-corrected chi connectivity index (χ1v) is 7.31. The van der Waals surface area contributed by atoms with E-state index in [1.165, 1.54) is 12.1 Å². The Kier molecular flexibility index (Phi) is 5.41. The zero-order valence-corrected chi connectivity index (χ0v) is 13.3. The lowest BCUT2D eigenvalue weighted by Gasteiger charge is -2.08. The molecule has 2 aromatic carbocycles. The summed E-state index contributed by atoms with van der Waals surface area (Å²) in [7, 11) is 0. The van der Waals surface area contributed by atoms with Gasteiger partial charge in [-0.25, -0.2) is 0 Å². The molecule has 114 valence electrons. The molecule has 0 saturated carbocycles. The van der Waals surface area contributed by atoms with E-state index in [9.17, 15) is 9.59 Å². The molecule has 0 aliphatic heterocycles. The number of hydrogen-bond donors (Lipinski definition) is 2. The van der Waals surface area contributed by atoms with Gasteiger partial charge in [0.1, 0.15) is 0 Å². The van der Waals surface area contributed by atoms with Gasteiger partial charge in [0, 0.05) is 11.3 Å². The molecule has 2 aromatic rings. The van der Waals surface area contributed by atoms with E-state index in [1.54, 1.807) is 12.1 Å². The Hall–Kier alpha value is -2.04. The molecule has 4 nitrogen and oxygen atoms in total. The molecule has 0 unspecified atom stereocenters. The zero-order chi connectivity index (χ0) is 16.1. The first-order chi connectivity index (χ1) is 10.5. The predicted molar refractivity (Wildman–Crippen MR) is 88.6 cm³/mol. The van der Waals surface area contributed by atoms with Gasteiger partial charge in [0.05, 0.1) is 16.6 Å². The average Bonchev–Trinajstić information content (AvgIpc) is 2.47. The third kappa shape index (κ3) is 4.48. The maximum absolute atomic E-state index is 11.9. The van der Waals surface area contributed by atoms with Gasteiger partial charge < -0.3 is 10.6 Å². The van der Waals surface area contributed by atoms with Crippen molar-refractivity contribution in [2.24, 2.45) is 0 Å². The van der Waals surface area contributed by atoms with Crippen LogP contribution in [0.1, 0.15) is 15.9 Å². The van der Waals surface area contributed by atoms with Crippen LogP contribution < -0.4 is 10.6 Å². The highest BCUT2D eigenvalue weighted by Crippen LogP contribution is 2.22. The summed E-state index contributed by atoms with van der Waals surface area (Å²) in [6.45, 7) is 1.80. The average molecular weight is 337 g/mol. The predicted octanol–water partition coefficient (Wildman–Crippen LogP) is 3.67. The van der Waals surface area contributed by atoms with Crippen LogP contribution in [-0.2, 0) is 4.79 Å². The van der Waals surface area contributed by atoms with Crippen LogP contribution in [0.4, 0.5) is 5.69 Å². The van der Waals surface area contributed by atoms with Crippen molar-refractivity contribution in [1.82, 2.24) is 5.32 Å². The molecule has 0 aromatic heterocycles. The number of nitrogens with one attached hydrogen (secondary N) is 2. The number of anilines is 1. The summed E-state index contributed by atoms with van der Waals surface area (Å²) in [4.78, 5) is 23.7. The Labute approximate surface area is 138 Å². The third-order valence-corrected chi connectivity index (χ3v) is 3.63. The van der Waals surface area contributed by atoms with E-state index < -0.39 is 5.91 Å². The van der Waals surface area contributed by atoms with Crippen LogP contribution in [-0.4, -0.2) is 18.4 Å². The third-order valence-electron chi connectivity index (χ3n) is 2.89. The first-order valence-electron chi connectivity index (χ1n) is 6.55. The van der Waals surface area contributed by atoms with Gasteiger partial charge >= 0.3 is 0 Å². The molecular formula is C16H14Cl2N2O2. The van der Waals surface area contributed by atoms with Crippen LogP contribution in [0.5, 0.6) is 0 Å². The van der Waals surface area contributed by atoms with Crippen LogP contribution in [0.15, 0.2) is 42.5 Å². The van der Waals surface area contributed by atoms with Crippen molar-refractivity contribution in [3.8, 4) is 0 Å². The molecule has 2 N–H and O–H groups in total. The molecular weight excluding hydrogens is 323 g/mol. The number of amides is 2. The molecule has 0 saturated heterocycles. The summed E-state index contributed by atoms with van der Waals surface area (Å²) in [6.07, 6.45) is 0. The normalized spacial score (nSPS) is 10.1. The topological polar surface area (TPSA) is 58.2 Å². The fourth-order valence-electron chi connectivity index (χ4n) is 1.83. The second-order valence-corrected chi connectivity index (χ2v) is 5.54. The largest absolute Gasteiger partial charge is 0.343 e. The van der Waals surface area contributed by atoms with Crippen molar-refractivity contribution < 1.29 is 9.59 Å². The van der Waals surface area contributed by atoms with Gasteiger partial charge in [-0.15, -0.1) is 0 Å². The molecule has 0 heterocycles. The molecule has 22 heavy (non-hydrogen) atoms. The summed E-state index contributed by atoms with van der Waals surface area (Å²) in [5.74, 6) is -0.697. The fraction of sp³-hybridized carbons (Fsp3) is 0.125. The fourth-order valence-corrected chi connectivity index (χ4v) is 2.13. The van der Waals surface area contributed by atoms with Crippen molar-refractivity contribution in [1.29, 1.82) is 0 Å². The van der Waals surface area contributed by atoms with Gasteiger partial charge in [-0.2, -0.15) is 0 Å². The molecule has 2 amide bonds. The van der Waals surface area contributed by atoms with Crippen molar-refractivity contribution in [3.05, 3.63) is 63.6 Å². The first kappa shape index (κ1) is 16.3. The number of hydrogen-bond acceptors (Lipinski definition) is 2. The highest BCUT2D eigenvalue weighted by molar-refractivity contribution is 6.42. The minimum absolute atomic E-state index is 0.132. The van der Waals surface area contributed by atoms with Crippen molar-refractivity contribution in [2.75, 3.05) is 11.9 Å². The van der Waals surface area contributed by atoms with Gasteiger partial charge in [-0.1, -0.05) is 35.3 Å². The number of halogens is 2. The van der Waals surface area contributed by atoms with E-state index in [1.807, 2.05) is 25.1 Å². The van der Waals surface area contributed by atoms with Gasteiger partial charge in [0.15, 0.2) is 0 Å². The number of carbonyl (C=O) groups is 2. The van der Waals surface area contributed by atoms with E-state index in [-0.39, 0.29) is 12.5 Å². The smallest absolute Gasteiger partial charge is 0.251 e. The molecule has 0 fully saturated rings. The van der Waals surface area contributed by atoms with Crippen LogP contribution in [0.2, 0.25) is 10.0 Å². The van der Waals surface area contributed by atoms with Crippen LogP contribution in [0.3, 0.4) is 0 Å². The summed E-state index contributed by atoms with van der Waals surface area (Å²) in [5.41, 5.74) is 2.07. The van der Waals surface area contributed by atoms with Gasteiger partial charge in [0.2, 0.25) is 5.91 Å². The second kappa shape index (κ2) is 7.29. The monoisotopic (exact) mass is 336 g/mol. The van der Waals surface area contributed by atoms with E-state index in [4.69, 9.17) is 23.2 Å².